The van der Waals surface area contributed by atoms with Crippen molar-refractivity contribution in [2.24, 2.45) is 10.7 Å². The van der Waals surface area contributed by atoms with Gasteiger partial charge in [0.05, 0.1) is 6.54 Å². The molecule has 0 aliphatic heterocycles. The molecule has 0 radical (unpaired) electrons. The van der Waals surface area contributed by atoms with E-state index in [0.29, 0.717) is 19.1 Å². The minimum absolute atomic E-state index is 0.0733. The Morgan fingerprint density at radius 1 is 1.17 bits per heavy atom. The van der Waals surface area contributed by atoms with Gasteiger partial charge < -0.3 is 20.7 Å². The first-order valence-electron chi connectivity index (χ1n) is 8.36. The maximum absolute atomic E-state index is 5.87. The number of hydrogen-bond acceptors (Lipinski definition) is 3. The number of nitrogens with two attached hydrogens (primary N) is 1. The first-order valence-corrected chi connectivity index (χ1v) is 8.36. The number of ether oxygens (including phenoxy) is 1. The number of nitrogens with zero attached hydrogens (tertiary/aromatic N) is 2. The number of hydrogen-bond donors (Lipinski definition) is 2. The van der Waals surface area contributed by atoms with Crippen molar-refractivity contribution < 1.29 is 4.74 Å². The molecule has 0 saturated heterocycles. The summed E-state index contributed by atoms with van der Waals surface area (Å²) in [6, 6.07) is 8.03. The zero-order chi connectivity index (χ0) is 17.3. The highest BCUT2D eigenvalue weighted by Gasteiger charge is 2.09. The molecule has 23 heavy (non-hydrogen) atoms. The first-order chi connectivity index (χ1) is 10.8. The van der Waals surface area contributed by atoms with E-state index in [2.05, 4.69) is 49.8 Å². The van der Waals surface area contributed by atoms with E-state index in [4.69, 9.17) is 10.5 Å². The Morgan fingerprint density at radius 3 is 2.30 bits per heavy atom. The highest BCUT2D eigenvalue weighted by molar-refractivity contribution is 5.78. The van der Waals surface area contributed by atoms with Crippen LogP contribution in [-0.4, -0.2) is 42.6 Å². The van der Waals surface area contributed by atoms with Crippen LogP contribution in [-0.2, 0) is 6.54 Å². The van der Waals surface area contributed by atoms with Crippen LogP contribution in [0.2, 0.25) is 0 Å². The summed E-state index contributed by atoms with van der Waals surface area (Å²) in [7, 11) is 0. The lowest BCUT2D eigenvalue weighted by atomic mass is 10.1. The summed E-state index contributed by atoms with van der Waals surface area (Å²) in [6.45, 7) is 14.8. The highest BCUT2D eigenvalue weighted by Crippen LogP contribution is 2.13. The molecule has 0 saturated carbocycles. The van der Waals surface area contributed by atoms with Crippen LogP contribution < -0.4 is 15.8 Å². The third-order valence-electron chi connectivity index (χ3n) is 3.43. The van der Waals surface area contributed by atoms with E-state index in [1.807, 2.05) is 24.3 Å². The normalized spacial score (nSPS) is 12.5. The molecule has 0 spiro atoms. The van der Waals surface area contributed by atoms with Gasteiger partial charge in [0.1, 0.15) is 12.4 Å². The summed E-state index contributed by atoms with van der Waals surface area (Å²) in [5.41, 5.74) is 6.91. The summed E-state index contributed by atoms with van der Waals surface area (Å²) < 4.78 is 5.77. The number of aliphatic imine (C=N–C) groups is 1. The molecule has 0 unspecified atom stereocenters. The van der Waals surface area contributed by atoms with Crippen molar-refractivity contribution in [3.8, 4) is 5.75 Å². The quantitative estimate of drug-likeness (QED) is 0.571. The van der Waals surface area contributed by atoms with Crippen LogP contribution in [0, 0.1) is 0 Å². The summed E-state index contributed by atoms with van der Waals surface area (Å²) in [5, 5.41) is 3.15. The molecule has 0 aliphatic rings. The molecule has 0 amide bonds. The van der Waals surface area contributed by atoms with E-state index in [-0.39, 0.29) is 5.54 Å². The third kappa shape index (κ3) is 8.45. The topological polar surface area (TPSA) is 62.9 Å². The van der Waals surface area contributed by atoms with Crippen LogP contribution in [0.3, 0.4) is 0 Å². The van der Waals surface area contributed by atoms with Gasteiger partial charge in [0.25, 0.3) is 0 Å². The van der Waals surface area contributed by atoms with E-state index >= 15 is 0 Å². The molecule has 0 heterocycles. The van der Waals surface area contributed by atoms with Crippen LogP contribution in [0.15, 0.2) is 29.3 Å². The van der Waals surface area contributed by atoms with Crippen LogP contribution in [0.25, 0.3) is 0 Å². The molecule has 130 valence electrons. The van der Waals surface area contributed by atoms with Gasteiger partial charge in [0.15, 0.2) is 5.96 Å². The molecule has 1 rings (SSSR count). The SMILES string of the molecule is CCN(CC)CCOc1ccc(CN=C(N)NC(C)(C)C)cc1. The summed E-state index contributed by atoms with van der Waals surface area (Å²) >= 11 is 0. The first kappa shape index (κ1) is 19.3. The van der Waals surface area contributed by atoms with Crippen molar-refractivity contribution in [2.75, 3.05) is 26.2 Å². The van der Waals surface area contributed by atoms with E-state index in [1.54, 1.807) is 0 Å². The van der Waals surface area contributed by atoms with Crippen LogP contribution in [0.4, 0.5) is 0 Å². The molecule has 1 aromatic carbocycles. The van der Waals surface area contributed by atoms with Crippen LogP contribution in [0.5, 0.6) is 5.75 Å². The van der Waals surface area contributed by atoms with E-state index < -0.39 is 0 Å². The van der Waals surface area contributed by atoms with Gasteiger partial charge in [0.2, 0.25) is 0 Å². The third-order valence-corrected chi connectivity index (χ3v) is 3.43. The number of rotatable bonds is 8. The Kier molecular flexibility index (Phi) is 7.89. The van der Waals surface area contributed by atoms with E-state index in [0.717, 1.165) is 30.9 Å². The van der Waals surface area contributed by atoms with Gasteiger partial charge in [0, 0.05) is 12.1 Å². The lowest BCUT2D eigenvalue weighted by molar-refractivity contribution is 0.223. The Labute approximate surface area is 140 Å². The summed E-state index contributed by atoms with van der Waals surface area (Å²) in [5.74, 6) is 1.36. The zero-order valence-corrected chi connectivity index (χ0v) is 15.2. The Balaban J connectivity index is 2.43. The smallest absolute Gasteiger partial charge is 0.189 e. The molecule has 5 nitrogen and oxygen atoms in total. The maximum atomic E-state index is 5.87. The second-order valence-electron chi connectivity index (χ2n) is 6.60. The Hall–Kier alpha value is -1.75. The molecule has 0 atom stereocenters. The highest BCUT2D eigenvalue weighted by atomic mass is 16.5. The fourth-order valence-corrected chi connectivity index (χ4v) is 2.12. The van der Waals surface area contributed by atoms with E-state index in [9.17, 15) is 0 Å². The maximum Gasteiger partial charge on any atom is 0.189 e. The van der Waals surface area contributed by atoms with Gasteiger partial charge in [-0.2, -0.15) is 0 Å². The summed E-state index contributed by atoms with van der Waals surface area (Å²) in [6.07, 6.45) is 0. The minimum Gasteiger partial charge on any atom is -0.492 e. The van der Waals surface area contributed by atoms with Crippen molar-refractivity contribution in [3.63, 3.8) is 0 Å². The van der Waals surface area contributed by atoms with Gasteiger partial charge in [-0.15, -0.1) is 0 Å². The van der Waals surface area contributed by atoms with Crippen molar-refractivity contribution in [1.82, 2.24) is 10.2 Å². The predicted octanol–water partition coefficient (Wildman–Crippen LogP) is 2.61. The molecule has 0 aliphatic carbocycles. The second-order valence-corrected chi connectivity index (χ2v) is 6.60. The Morgan fingerprint density at radius 2 is 1.78 bits per heavy atom. The average molecular weight is 320 g/mol. The monoisotopic (exact) mass is 320 g/mol. The molecule has 5 heteroatoms. The molecular weight excluding hydrogens is 288 g/mol. The van der Waals surface area contributed by atoms with Crippen LogP contribution >= 0.6 is 0 Å². The van der Waals surface area contributed by atoms with Gasteiger partial charge in [-0.1, -0.05) is 26.0 Å². The number of benzene rings is 1. The largest absolute Gasteiger partial charge is 0.492 e. The second kappa shape index (κ2) is 9.40. The van der Waals surface area contributed by atoms with E-state index in [1.165, 1.54) is 0 Å². The number of guanidine groups is 1. The zero-order valence-electron chi connectivity index (χ0n) is 15.2. The Bertz CT molecular complexity index is 473. The molecule has 0 fully saturated rings. The van der Waals surface area contributed by atoms with Gasteiger partial charge >= 0.3 is 0 Å². The fraction of sp³-hybridized carbons (Fsp3) is 0.611. The lowest BCUT2D eigenvalue weighted by Crippen LogP contribution is -2.44. The van der Waals surface area contributed by atoms with Crippen molar-refractivity contribution >= 4 is 5.96 Å². The minimum atomic E-state index is -0.0733. The average Bonchev–Trinajstić information content (AvgIpc) is 2.49. The number of likely N-dealkylation sites (N-methyl/N-ethyl adjacent to an activating group) is 1. The molecule has 0 bridgehead atoms. The number of nitrogens with one attached hydrogen (secondary N) is 1. The van der Waals surface area contributed by atoms with Crippen molar-refractivity contribution in [1.29, 1.82) is 0 Å². The van der Waals surface area contributed by atoms with Gasteiger partial charge in [-0.3, -0.25) is 0 Å². The predicted molar refractivity (Wildman–Crippen MR) is 97.9 cm³/mol. The molecule has 0 aromatic heterocycles. The van der Waals surface area contributed by atoms with Gasteiger partial charge in [-0.25, -0.2) is 4.99 Å². The molecule has 3 N–H and O–H groups in total. The molecular formula is C18H32N4O. The van der Waals surface area contributed by atoms with Crippen LogP contribution in [0.1, 0.15) is 40.2 Å². The molecule has 1 aromatic rings. The van der Waals surface area contributed by atoms with Gasteiger partial charge in [-0.05, 0) is 51.6 Å². The fourth-order valence-electron chi connectivity index (χ4n) is 2.12. The lowest BCUT2D eigenvalue weighted by Gasteiger charge is -2.21. The standard InChI is InChI=1S/C18H32N4O/c1-6-22(7-2)12-13-23-16-10-8-15(9-11-16)14-20-17(19)21-18(3,4)5/h8-11H,6-7,12-14H2,1-5H3,(H3,19,20,21). The van der Waals surface area contributed by atoms with Crippen molar-refractivity contribution in [2.45, 2.75) is 46.7 Å². The van der Waals surface area contributed by atoms with Crippen molar-refractivity contribution in [3.05, 3.63) is 29.8 Å². The summed E-state index contributed by atoms with van der Waals surface area (Å²) in [4.78, 5) is 6.69.